The van der Waals surface area contributed by atoms with Crippen LogP contribution in [0.2, 0.25) is 5.02 Å². The minimum atomic E-state index is 0.00451. The molecule has 1 aliphatic heterocycles. The van der Waals surface area contributed by atoms with E-state index >= 15 is 0 Å². The van der Waals surface area contributed by atoms with E-state index < -0.39 is 0 Å². The summed E-state index contributed by atoms with van der Waals surface area (Å²) >= 11 is 5.87. The fraction of sp³-hybridized carbons (Fsp3) is 0.533. The standard InChI is InChI=1S/C15H22ClN3O/c1-12(13-3-5-14(16)6-4-13)18-15(20)11-19-9-2-7-17-8-10-19/h3-6,12,17H,2,7-11H2,1H3,(H,18,20)/t12-/m0/s1. The van der Waals surface area contributed by atoms with Crippen LogP contribution in [0.3, 0.4) is 0 Å². The van der Waals surface area contributed by atoms with Crippen LogP contribution in [0.5, 0.6) is 0 Å². The van der Waals surface area contributed by atoms with Gasteiger partial charge in [-0.15, -0.1) is 0 Å². The van der Waals surface area contributed by atoms with Crippen molar-refractivity contribution in [3.8, 4) is 0 Å². The SMILES string of the molecule is C[C@H](NC(=O)CN1CCCNCC1)c1ccc(Cl)cc1. The molecule has 1 fully saturated rings. The van der Waals surface area contributed by atoms with Gasteiger partial charge in [0, 0.05) is 18.1 Å². The van der Waals surface area contributed by atoms with Crippen LogP contribution in [0.4, 0.5) is 0 Å². The van der Waals surface area contributed by atoms with Crippen molar-refractivity contribution in [2.45, 2.75) is 19.4 Å². The third-order valence-corrected chi connectivity index (χ3v) is 3.80. The summed E-state index contributed by atoms with van der Waals surface area (Å²) in [5.74, 6) is 0.0781. The van der Waals surface area contributed by atoms with Gasteiger partial charge in [0.2, 0.25) is 5.91 Å². The quantitative estimate of drug-likeness (QED) is 0.890. The summed E-state index contributed by atoms with van der Waals surface area (Å²) in [6, 6.07) is 7.59. The Bertz CT molecular complexity index is 427. The molecule has 2 rings (SSSR count). The van der Waals surface area contributed by atoms with Crippen molar-refractivity contribution < 1.29 is 4.79 Å². The van der Waals surface area contributed by atoms with Crippen molar-refractivity contribution in [2.24, 2.45) is 0 Å². The largest absolute Gasteiger partial charge is 0.348 e. The Hall–Kier alpha value is -1.10. The molecular formula is C15H22ClN3O. The Balaban J connectivity index is 1.82. The maximum atomic E-state index is 12.1. The summed E-state index contributed by atoms with van der Waals surface area (Å²) in [4.78, 5) is 14.3. The summed E-state index contributed by atoms with van der Waals surface area (Å²) in [5, 5.41) is 7.09. The molecule has 20 heavy (non-hydrogen) atoms. The number of benzene rings is 1. The summed E-state index contributed by atoms with van der Waals surface area (Å²) < 4.78 is 0. The van der Waals surface area contributed by atoms with E-state index in [0.717, 1.165) is 38.2 Å². The molecule has 1 heterocycles. The van der Waals surface area contributed by atoms with Crippen LogP contribution in [0.25, 0.3) is 0 Å². The number of nitrogens with zero attached hydrogens (tertiary/aromatic N) is 1. The van der Waals surface area contributed by atoms with Crippen LogP contribution in [0, 0.1) is 0 Å². The van der Waals surface area contributed by atoms with Crippen LogP contribution in [-0.4, -0.2) is 43.5 Å². The molecule has 1 aromatic carbocycles. The van der Waals surface area contributed by atoms with E-state index in [2.05, 4.69) is 15.5 Å². The number of amides is 1. The smallest absolute Gasteiger partial charge is 0.234 e. The number of rotatable bonds is 4. The van der Waals surface area contributed by atoms with Crippen LogP contribution >= 0.6 is 11.6 Å². The first kappa shape index (κ1) is 15.3. The van der Waals surface area contributed by atoms with Gasteiger partial charge in [-0.25, -0.2) is 0 Å². The number of halogens is 1. The second-order valence-electron chi connectivity index (χ2n) is 5.22. The highest BCUT2D eigenvalue weighted by atomic mass is 35.5. The van der Waals surface area contributed by atoms with Gasteiger partial charge in [0.25, 0.3) is 0 Å². The predicted octanol–water partition coefficient (Wildman–Crippen LogP) is 1.81. The molecule has 1 aliphatic rings. The van der Waals surface area contributed by atoms with E-state index in [9.17, 15) is 4.79 Å². The van der Waals surface area contributed by atoms with E-state index in [1.165, 1.54) is 0 Å². The Morgan fingerprint density at radius 2 is 2.10 bits per heavy atom. The molecule has 1 amide bonds. The second kappa shape index (κ2) is 7.62. The van der Waals surface area contributed by atoms with Gasteiger partial charge in [0.05, 0.1) is 12.6 Å². The van der Waals surface area contributed by atoms with E-state index in [1.54, 1.807) is 0 Å². The minimum absolute atomic E-state index is 0.00451. The molecule has 0 aliphatic carbocycles. The zero-order valence-electron chi connectivity index (χ0n) is 11.9. The molecule has 2 N–H and O–H groups in total. The average Bonchev–Trinajstić information content (AvgIpc) is 2.68. The number of nitrogens with one attached hydrogen (secondary N) is 2. The molecule has 4 nitrogen and oxygen atoms in total. The topological polar surface area (TPSA) is 44.4 Å². The summed E-state index contributed by atoms with van der Waals surface area (Å²) in [5.41, 5.74) is 1.07. The monoisotopic (exact) mass is 295 g/mol. The molecule has 0 saturated carbocycles. The van der Waals surface area contributed by atoms with Gasteiger partial charge < -0.3 is 10.6 Å². The minimum Gasteiger partial charge on any atom is -0.348 e. The zero-order valence-corrected chi connectivity index (χ0v) is 12.6. The highest BCUT2D eigenvalue weighted by Crippen LogP contribution is 2.15. The first-order valence-electron chi connectivity index (χ1n) is 7.13. The predicted molar refractivity (Wildman–Crippen MR) is 81.9 cm³/mol. The molecule has 1 aromatic rings. The van der Waals surface area contributed by atoms with Gasteiger partial charge in [-0.2, -0.15) is 0 Å². The summed E-state index contributed by atoms with van der Waals surface area (Å²) in [6.45, 7) is 6.38. The van der Waals surface area contributed by atoms with Crippen molar-refractivity contribution in [2.75, 3.05) is 32.7 Å². The fourth-order valence-electron chi connectivity index (χ4n) is 2.38. The third-order valence-electron chi connectivity index (χ3n) is 3.55. The molecule has 5 heteroatoms. The maximum Gasteiger partial charge on any atom is 0.234 e. The van der Waals surface area contributed by atoms with Gasteiger partial charge in [-0.1, -0.05) is 23.7 Å². The van der Waals surface area contributed by atoms with Gasteiger partial charge in [0.1, 0.15) is 0 Å². The fourth-order valence-corrected chi connectivity index (χ4v) is 2.51. The lowest BCUT2D eigenvalue weighted by Gasteiger charge is -2.21. The highest BCUT2D eigenvalue weighted by molar-refractivity contribution is 6.30. The van der Waals surface area contributed by atoms with E-state index in [1.807, 2.05) is 31.2 Å². The van der Waals surface area contributed by atoms with Gasteiger partial charge in [0.15, 0.2) is 0 Å². The number of hydrogen-bond acceptors (Lipinski definition) is 3. The van der Waals surface area contributed by atoms with Crippen molar-refractivity contribution >= 4 is 17.5 Å². The number of hydrogen-bond donors (Lipinski definition) is 2. The molecule has 1 atom stereocenters. The lowest BCUT2D eigenvalue weighted by molar-refractivity contribution is -0.122. The molecule has 110 valence electrons. The first-order chi connectivity index (χ1) is 9.65. The number of carbonyl (C=O) groups excluding carboxylic acids is 1. The Morgan fingerprint density at radius 3 is 2.85 bits per heavy atom. The summed E-state index contributed by atoms with van der Waals surface area (Å²) in [7, 11) is 0. The van der Waals surface area contributed by atoms with Gasteiger partial charge >= 0.3 is 0 Å². The molecule has 0 bridgehead atoms. The molecule has 1 saturated heterocycles. The summed E-state index contributed by atoms with van der Waals surface area (Å²) in [6.07, 6.45) is 1.10. The van der Waals surface area contributed by atoms with Crippen LogP contribution in [0.1, 0.15) is 24.9 Å². The Labute approximate surface area is 125 Å². The van der Waals surface area contributed by atoms with Crippen molar-refractivity contribution in [3.63, 3.8) is 0 Å². The Morgan fingerprint density at radius 1 is 1.35 bits per heavy atom. The van der Waals surface area contributed by atoms with Crippen molar-refractivity contribution in [3.05, 3.63) is 34.9 Å². The van der Waals surface area contributed by atoms with Crippen molar-refractivity contribution in [1.82, 2.24) is 15.5 Å². The van der Waals surface area contributed by atoms with E-state index in [0.29, 0.717) is 11.6 Å². The molecule has 0 aromatic heterocycles. The number of carbonyl (C=O) groups is 1. The van der Waals surface area contributed by atoms with E-state index in [-0.39, 0.29) is 11.9 Å². The van der Waals surface area contributed by atoms with Gasteiger partial charge in [-0.3, -0.25) is 9.69 Å². The lowest BCUT2D eigenvalue weighted by atomic mass is 10.1. The first-order valence-corrected chi connectivity index (χ1v) is 7.51. The molecule has 0 unspecified atom stereocenters. The van der Waals surface area contributed by atoms with E-state index in [4.69, 9.17) is 11.6 Å². The zero-order chi connectivity index (χ0) is 14.4. The average molecular weight is 296 g/mol. The van der Waals surface area contributed by atoms with Crippen molar-refractivity contribution in [1.29, 1.82) is 0 Å². The molecule has 0 spiro atoms. The highest BCUT2D eigenvalue weighted by Gasteiger charge is 2.14. The Kier molecular flexibility index (Phi) is 5.83. The molecular weight excluding hydrogens is 274 g/mol. The third kappa shape index (κ3) is 4.78. The van der Waals surface area contributed by atoms with Crippen LogP contribution in [-0.2, 0) is 4.79 Å². The molecule has 0 radical (unpaired) electrons. The lowest BCUT2D eigenvalue weighted by Crippen LogP contribution is -2.39. The normalized spacial score (nSPS) is 18.3. The van der Waals surface area contributed by atoms with Gasteiger partial charge in [-0.05, 0) is 44.1 Å². The second-order valence-corrected chi connectivity index (χ2v) is 5.66. The van der Waals surface area contributed by atoms with Crippen LogP contribution in [0.15, 0.2) is 24.3 Å². The van der Waals surface area contributed by atoms with Crippen LogP contribution < -0.4 is 10.6 Å². The maximum absolute atomic E-state index is 12.1.